The van der Waals surface area contributed by atoms with E-state index in [2.05, 4.69) is 10.3 Å². The van der Waals surface area contributed by atoms with Crippen LogP contribution >= 0.6 is 0 Å². The lowest BCUT2D eigenvalue weighted by Gasteiger charge is -2.07. The van der Waals surface area contributed by atoms with Gasteiger partial charge >= 0.3 is 6.18 Å². The van der Waals surface area contributed by atoms with Crippen LogP contribution in [-0.4, -0.2) is 26.8 Å². The number of hydrogen-bond donors (Lipinski definition) is 2. The second-order valence-corrected chi connectivity index (χ2v) is 5.41. The topological polar surface area (TPSA) is 102 Å². The highest BCUT2D eigenvalue weighted by atomic mass is 19.4. The zero-order chi connectivity index (χ0) is 19.6. The summed E-state index contributed by atoms with van der Waals surface area (Å²) >= 11 is 0. The summed E-state index contributed by atoms with van der Waals surface area (Å²) in [4.78, 5) is 24.0. The van der Waals surface area contributed by atoms with Gasteiger partial charge in [0.05, 0.1) is 5.56 Å². The van der Waals surface area contributed by atoms with E-state index >= 15 is 0 Å². The van der Waals surface area contributed by atoms with Gasteiger partial charge in [-0.05, 0) is 0 Å². The molecule has 1 aromatic carbocycles. The minimum Gasteiger partial charge on any atom is -0.355 e. The third kappa shape index (κ3) is 3.97. The van der Waals surface area contributed by atoms with Gasteiger partial charge in [-0.2, -0.15) is 18.3 Å². The molecule has 2 amide bonds. The molecule has 0 fully saturated rings. The number of carbonyl (C=O) groups is 2. The summed E-state index contributed by atoms with van der Waals surface area (Å²) in [6.07, 6.45) is -3.91. The van der Waals surface area contributed by atoms with E-state index in [9.17, 15) is 22.8 Å². The monoisotopic (exact) mass is 379 g/mol. The van der Waals surface area contributed by atoms with Gasteiger partial charge in [0.15, 0.2) is 17.1 Å². The lowest BCUT2D eigenvalue weighted by atomic mass is 10.1. The van der Waals surface area contributed by atoms with Crippen LogP contribution in [0.5, 0.6) is 0 Å². The van der Waals surface area contributed by atoms with Crippen molar-refractivity contribution in [3.8, 4) is 11.3 Å². The van der Waals surface area contributed by atoms with Gasteiger partial charge in [0.25, 0.3) is 11.8 Å². The highest BCUT2D eigenvalue weighted by molar-refractivity contribution is 5.99. The van der Waals surface area contributed by atoms with Gasteiger partial charge < -0.3 is 4.52 Å². The van der Waals surface area contributed by atoms with Gasteiger partial charge in [-0.1, -0.05) is 35.5 Å². The van der Waals surface area contributed by atoms with Crippen molar-refractivity contribution >= 4 is 11.8 Å². The number of rotatable bonds is 3. The number of carbonyl (C=O) groups excluding carboxylic acids is 2. The van der Waals surface area contributed by atoms with E-state index in [1.165, 1.54) is 13.1 Å². The van der Waals surface area contributed by atoms with Gasteiger partial charge in [-0.15, -0.1) is 0 Å². The zero-order valence-corrected chi connectivity index (χ0v) is 13.7. The molecule has 2 aromatic heterocycles. The van der Waals surface area contributed by atoms with Crippen LogP contribution in [0, 0.1) is 0 Å². The molecule has 3 rings (SSSR count). The first-order valence-electron chi connectivity index (χ1n) is 7.49. The fourth-order valence-electron chi connectivity index (χ4n) is 2.23. The van der Waals surface area contributed by atoms with Gasteiger partial charge in [0.2, 0.25) is 0 Å². The lowest BCUT2D eigenvalue weighted by molar-refractivity contribution is -0.141. The van der Waals surface area contributed by atoms with E-state index in [0.717, 1.165) is 10.9 Å². The maximum absolute atomic E-state index is 12.9. The first kappa shape index (κ1) is 18.2. The van der Waals surface area contributed by atoms with Gasteiger partial charge in [-0.25, -0.2) is 0 Å². The molecule has 0 unspecified atom stereocenters. The number of hydrogen-bond acceptors (Lipinski definition) is 5. The van der Waals surface area contributed by atoms with Crippen LogP contribution in [0.25, 0.3) is 11.3 Å². The van der Waals surface area contributed by atoms with Crippen molar-refractivity contribution in [1.82, 2.24) is 25.8 Å². The van der Waals surface area contributed by atoms with E-state index in [-0.39, 0.29) is 5.69 Å². The van der Waals surface area contributed by atoms with Crippen LogP contribution in [-0.2, 0) is 13.2 Å². The van der Waals surface area contributed by atoms with Crippen molar-refractivity contribution in [3.05, 3.63) is 59.5 Å². The maximum atomic E-state index is 12.9. The summed E-state index contributed by atoms with van der Waals surface area (Å²) in [5, 5.41) is 6.79. The Balaban J connectivity index is 1.68. The predicted octanol–water partition coefficient (Wildman–Crippen LogP) is 2.17. The second-order valence-electron chi connectivity index (χ2n) is 5.41. The summed E-state index contributed by atoms with van der Waals surface area (Å²) in [7, 11) is 1.24. The predicted molar refractivity (Wildman–Crippen MR) is 85.1 cm³/mol. The molecule has 11 heteroatoms. The molecule has 3 aromatic rings. The van der Waals surface area contributed by atoms with Crippen LogP contribution in [0.2, 0.25) is 0 Å². The molecular weight excluding hydrogens is 367 g/mol. The number of amides is 2. The van der Waals surface area contributed by atoms with Crippen molar-refractivity contribution in [3.63, 3.8) is 0 Å². The molecule has 0 atom stereocenters. The minimum atomic E-state index is -4.81. The molecule has 140 valence electrons. The minimum absolute atomic E-state index is 0.156. The van der Waals surface area contributed by atoms with Crippen molar-refractivity contribution in [2.45, 2.75) is 6.18 Å². The number of alkyl halides is 3. The van der Waals surface area contributed by atoms with E-state index in [1.54, 1.807) is 30.3 Å². The number of hydrazine groups is 1. The van der Waals surface area contributed by atoms with Crippen LogP contribution in [0.1, 0.15) is 26.5 Å². The van der Waals surface area contributed by atoms with Crippen LogP contribution in [0.3, 0.4) is 0 Å². The first-order valence-corrected chi connectivity index (χ1v) is 7.49. The molecular formula is C16H12F3N5O3. The third-order valence-corrected chi connectivity index (χ3v) is 3.43. The van der Waals surface area contributed by atoms with E-state index in [1.807, 2.05) is 10.9 Å². The van der Waals surface area contributed by atoms with Crippen molar-refractivity contribution < 1.29 is 27.3 Å². The lowest BCUT2D eigenvalue weighted by Crippen LogP contribution is -2.42. The molecule has 2 heterocycles. The number of aromatic nitrogens is 3. The van der Waals surface area contributed by atoms with E-state index in [0.29, 0.717) is 11.3 Å². The molecule has 2 N–H and O–H groups in total. The summed E-state index contributed by atoms with van der Waals surface area (Å²) in [6.45, 7) is 0. The summed E-state index contributed by atoms with van der Waals surface area (Å²) < 4.78 is 44.5. The van der Waals surface area contributed by atoms with Crippen LogP contribution in [0.4, 0.5) is 13.2 Å². The molecule has 0 aliphatic rings. The van der Waals surface area contributed by atoms with Crippen molar-refractivity contribution in [1.29, 1.82) is 0 Å². The highest BCUT2D eigenvalue weighted by Crippen LogP contribution is 2.30. The van der Waals surface area contributed by atoms with Crippen molar-refractivity contribution in [2.75, 3.05) is 0 Å². The maximum Gasteiger partial charge on any atom is 0.435 e. The molecule has 0 radical (unpaired) electrons. The molecule has 0 saturated carbocycles. The Hall–Kier alpha value is -3.63. The Kier molecular flexibility index (Phi) is 4.67. The molecule has 8 nitrogen and oxygen atoms in total. The Morgan fingerprint density at radius 1 is 1.11 bits per heavy atom. The molecule has 27 heavy (non-hydrogen) atoms. The summed E-state index contributed by atoms with van der Waals surface area (Å²) in [6, 6.07) is 10.2. The molecule has 0 saturated heterocycles. The SMILES string of the molecule is Cn1cc(C(=O)NNC(=O)c2cc(-c3ccccc3)on2)c(C(F)(F)F)n1. The number of aryl methyl sites for hydroxylation is 1. The van der Waals surface area contributed by atoms with Gasteiger partial charge in [0, 0.05) is 24.9 Å². The largest absolute Gasteiger partial charge is 0.435 e. The van der Waals surface area contributed by atoms with E-state index in [4.69, 9.17) is 4.52 Å². The number of halogens is 3. The molecule has 0 bridgehead atoms. The third-order valence-electron chi connectivity index (χ3n) is 3.43. The standard InChI is InChI=1S/C16H12F3N5O3/c1-24-8-10(13(22-24)16(17,18)19)14(25)20-21-15(26)11-7-12(27-23-11)9-5-3-2-4-6-9/h2-8H,1H3,(H,20,25)(H,21,26). The van der Waals surface area contributed by atoms with Gasteiger partial charge in [-0.3, -0.25) is 25.1 Å². The smallest absolute Gasteiger partial charge is 0.355 e. The van der Waals surface area contributed by atoms with Crippen molar-refractivity contribution in [2.24, 2.45) is 7.05 Å². The number of nitrogens with zero attached hydrogens (tertiary/aromatic N) is 3. The fraction of sp³-hybridized carbons (Fsp3) is 0.125. The fourth-order valence-corrected chi connectivity index (χ4v) is 2.23. The zero-order valence-electron chi connectivity index (χ0n) is 13.7. The number of benzene rings is 1. The second kappa shape index (κ2) is 6.94. The average molecular weight is 379 g/mol. The Bertz CT molecular complexity index is 979. The average Bonchev–Trinajstić information content (AvgIpc) is 3.27. The Morgan fingerprint density at radius 2 is 1.78 bits per heavy atom. The quantitative estimate of drug-likeness (QED) is 0.679. The van der Waals surface area contributed by atoms with Crippen LogP contribution in [0.15, 0.2) is 47.1 Å². The molecule has 0 aliphatic heterocycles. The van der Waals surface area contributed by atoms with E-state index < -0.39 is 29.2 Å². The molecule has 0 aliphatic carbocycles. The summed E-state index contributed by atoms with van der Waals surface area (Å²) in [5.74, 6) is -1.71. The summed E-state index contributed by atoms with van der Waals surface area (Å²) in [5.41, 5.74) is 2.32. The molecule has 0 spiro atoms. The van der Waals surface area contributed by atoms with Crippen LogP contribution < -0.4 is 10.9 Å². The Morgan fingerprint density at radius 3 is 2.44 bits per heavy atom. The highest BCUT2D eigenvalue weighted by Gasteiger charge is 2.39. The normalized spacial score (nSPS) is 11.3. The Labute approximate surface area is 149 Å². The first-order chi connectivity index (χ1) is 12.8. The van der Waals surface area contributed by atoms with Gasteiger partial charge in [0.1, 0.15) is 0 Å². The number of nitrogens with one attached hydrogen (secondary N) is 2.